The number of nitrogens with one attached hydrogen (secondary N) is 2. The van der Waals surface area contributed by atoms with Gasteiger partial charge in [-0.25, -0.2) is 9.48 Å². The number of hydrogen-bond acceptors (Lipinski definition) is 3. The normalized spacial score (nSPS) is 11.2. The Labute approximate surface area is 206 Å². The second-order valence-corrected chi connectivity index (χ2v) is 9.65. The van der Waals surface area contributed by atoms with Crippen LogP contribution in [0.3, 0.4) is 0 Å². The number of nitrogens with zero attached hydrogens (tertiary/aromatic N) is 3. The number of para-hydroxylation sites is 2. The zero-order valence-electron chi connectivity index (χ0n) is 20.4. The number of halogens is 1. The summed E-state index contributed by atoms with van der Waals surface area (Å²) in [5, 5.41) is 11.1. The van der Waals surface area contributed by atoms with Gasteiger partial charge in [-0.3, -0.25) is 4.79 Å². The van der Waals surface area contributed by atoms with Gasteiger partial charge in [0.1, 0.15) is 12.4 Å². The summed E-state index contributed by atoms with van der Waals surface area (Å²) in [6, 6.07) is 16.4. The average Bonchev–Trinajstić information content (AvgIpc) is 3.19. The maximum absolute atomic E-state index is 13.0. The van der Waals surface area contributed by atoms with Gasteiger partial charge in [-0.2, -0.15) is 5.10 Å². The van der Waals surface area contributed by atoms with Crippen LogP contribution in [0.4, 0.5) is 16.3 Å². The lowest BCUT2D eigenvalue weighted by molar-refractivity contribution is -0.116. The predicted octanol–water partition coefficient (Wildman–Crippen LogP) is 6.01. The molecule has 0 radical (unpaired) electrons. The van der Waals surface area contributed by atoms with E-state index >= 15 is 0 Å². The first-order chi connectivity index (χ1) is 16.1. The molecule has 0 aliphatic heterocycles. The Balaban J connectivity index is 1.82. The highest BCUT2D eigenvalue weighted by molar-refractivity contribution is 6.32. The van der Waals surface area contributed by atoms with Gasteiger partial charge in [-0.15, -0.1) is 0 Å². The van der Waals surface area contributed by atoms with Crippen LogP contribution in [0.5, 0.6) is 0 Å². The summed E-state index contributed by atoms with van der Waals surface area (Å²) in [5.74, 6) is 0.181. The standard InChI is InChI=1S/C26H32ClN5O2/c1-6-15-31(25(34)28-20-13-9-7-11-18(20)2)17-24(33)29-23-16-22(26(3,4)5)30-32(23)21-14-10-8-12-19(21)27/h7-14,16H,6,15,17H2,1-5H3,(H,28,34)(H,29,33). The monoisotopic (exact) mass is 481 g/mol. The number of carbonyl (C=O) groups is 2. The first-order valence-electron chi connectivity index (χ1n) is 11.4. The molecule has 2 N–H and O–H groups in total. The molecule has 0 bridgehead atoms. The van der Waals surface area contributed by atoms with Crippen LogP contribution in [0.1, 0.15) is 45.4 Å². The fourth-order valence-corrected chi connectivity index (χ4v) is 3.65. The lowest BCUT2D eigenvalue weighted by Gasteiger charge is -2.22. The molecule has 1 heterocycles. The Morgan fingerprint density at radius 2 is 1.74 bits per heavy atom. The first kappa shape index (κ1) is 25.3. The second-order valence-electron chi connectivity index (χ2n) is 9.24. The molecule has 0 aliphatic carbocycles. The Hall–Kier alpha value is -3.32. The summed E-state index contributed by atoms with van der Waals surface area (Å²) >= 11 is 6.41. The highest BCUT2D eigenvalue weighted by atomic mass is 35.5. The number of aryl methyl sites for hydroxylation is 1. The summed E-state index contributed by atoms with van der Waals surface area (Å²) in [4.78, 5) is 27.5. The minimum Gasteiger partial charge on any atom is -0.315 e. The number of carbonyl (C=O) groups excluding carboxylic acids is 2. The van der Waals surface area contributed by atoms with E-state index in [1.807, 2.05) is 62.4 Å². The molecule has 8 heteroatoms. The summed E-state index contributed by atoms with van der Waals surface area (Å²) in [6.07, 6.45) is 0.722. The number of amides is 3. The molecule has 7 nitrogen and oxygen atoms in total. The smallest absolute Gasteiger partial charge is 0.315 e. The lowest BCUT2D eigenvalue weighted by atomic mass is 9.92. The van der Waals surface area contributed by atoms with E-state index in [2.05, 4.69) is 31.4 Å². The lowest BCUT2D eigenvalue weighted by Crippen LogP contribution is -2.41. The molecule has 180 valence electrons. The average molecular weight is 482 g/mol. The van der Waals surface area contributed by atoms with Crippen molar-refractivity contribution >= 4 is 35.0 Å². The molecule has 0 unspecified atom stereocenters. The maximum atomic E-state index is 13.0. The minimum atomic E-state index is -0.318. The van der Waals surface area contributed by atoms with Crippen molar-refractivity contribution < 1.29 is 9.59 Å². The molecule has 3 rings (SSSR count). The molecule has 0 atom stereocenters. The second kappa shape index (κ2) is 10.7. The van der Waals surface area contributed by atoms with Crippen molar-refractivity contribution in [3.8, 4) is 5.69 Å². The third-order valence-corrected chi connectivity index (χ3v) is 5.65. The summed E-state index contributed by atoms with van der Waals surface area (Å²) < 4.78 is 1.64. The number of anilines is 2. The molecule has 0 fully saturated rings. The quantitative estimate of drug-likeness (QED) is 0.433. The van der Waals surface area contributed by atoms with E-state index in [9.17, 15) is 9.59 Å². The van der Waals surface area contributed by atoms with Crippen molar-refractivity contribution in [1.82, 2.24) is 14.7 Å². The SMILES string of the molecule is CCCN(CC(=O)Nc1cc(C(C)(C)C)nn1-c1ccccc1Cl)C(=O)Nc1ccccc1C. The summed E-state index contributed by atoms with van der Waals surface area (Å²) in [6.45, 7) is 10.4. The number of hydrogen-bond donors (Lipinski definition) is 2. The van der Waals surface area contributed by atoms with E-state index in [-0.39, 0.29) is 23.9 Å². The van der Waals surface area contributed by atoms with E-state index in [4.69, 9.17) is 16.7 Å². The van der Waals surface area contributed by atoms with Gasteiger partial charge in [0.25, 0.3) is 0 Å². The van der Waals surface area contributed by atoms with E-state index in [0.717, 1.165) is 23.4 Å². The number of urea groups is 1. The molecule has 34 heavy (non-hydrogen) atoms. The zero-order chi connectivity index (χ0) is 24.9. The topological polar surface area (TPSA) is 79.3 Å². The van der Waals surface area contributed by atoms with E-state index < -0.39 is 0 Å². The van der Waals surface area contributed by atoms with E-state index in [1.54, 1.807) is 10.7 Å². The fourth-order valence-electron chi connectivity index (χ4n) is 3.43. The molecular formula is C26H32ClN5O2. The van der Waals surface area contributed by atoms with Crippen LogP contribution in [0.15, 0.2) is 54.6 Å². The third-order valence-electron chi connectivity index (χ3n) is 5.33. The van der Waals surface area contributed by atoms with Crippen LogP contribution in [0.2, 0.25) is 5.02 Å². The Kier molecular flexibility index (Phi) is 7.99. The zero-order valence-corrected chi connectivity index (χ0v) is 21.1. The van der Waals surface area contributed by atoms with Gasteiger partial charge >= 0.3 is 6.03 Å². The highest BCUT2D eigenvalue weighted by Gasteiger charge is 2.23. The van der Waals surface area contributed by atoms with Gasteiger partial charge in [-0.1, -0.05) is 69.6 Å². The molecular weight excluding hydrogens is 450 g/mol. The third kappa shape index (κ3) is 6.17. The van der Waals surface area contributed by atoms with Crippen LogP contribution in [0.25, 0.3) is 5.69 Å². The predicted molar refractivity (Wildman–Crippen MR) is 138 cm³/mol. The van der Waals surface area contributed by atoms with Gasteiger partial charge < -0.3 is 15.5 Å². The van der Waals surface area contributed by atoms with E-state index in [1.165, 1.54) is 4.90 Å². The molecule has 3 amide bonds. The van der Waals surface area contributed by atoms with Gasteiger partial charge in [0.2, 0.25) is 5.91 Å². The molecule has 0 saturated carbocycles. The summed E-state index contributed by atoms with van der Waals surface area (Å²) in [7, 11) is 0. The van der Waals surface area contributed by atoms with Crippen LogP contribution >= 0.6 is 11.6 Å². The van der Waals surface area contributed by atoms with Crippen molar-refractivity contribution in [3.63, 3.8) is 0 Å². The van der Waals surface area contributed by atoms with Gasteiger partial charge in [-0.05, 0) is 37.1 Å². The van der Waals surface area contributed by atoms with Crippen LogP contribution in [0, 0.1) is 6.92 Å². The first-order valence-corrected chi connectivity index (χ1v) is 11.7. The molecule has 0 saturated heterocycles. The van der Waals surface area contributed by atoms with Gasteiger partial charge in [0.05, 0.1) is 16.4 Å². The number of rotatable bonds is 7. The van der Waals surface area contributed by atoms with Gasteiger partial charge in [0, 0.05) is 23.7 Å². The maximum Gasteiger partial charge on any atom is 0.322 e. The van der Waals surface area contributed by atoms with E-state index in [0.29, 0.717) is 23.1 Å². The molecule has 0 spiro atoms. The van der Waals surface area contributed by atoms with Crippen LogP contribution < -0.4 is 10.6 Å². The molecule has 1 aromatic heterocycles. The molecule has 2 aromatic carbocycles. The minimum absolute atomic E-state index is 0.0931. The van der Waals surface area contributed by atoms with Crippen molar-refractivity contribution in [1.29, 1.82) is 0 Å². The van der Waals surface area contributed by atoms with Crippen LogP contribution in [-0.2, 0) is 10.2 Å². The Bertz CT molecular complexity index is 1170. The highest BCUT2D eigenvalue weighted by Crippen LogP contribution is 2.29. The molecule has 0 aliphatic rings. The Morgan fingerprint density at radius 1 is 1.06 bits per heavy atom. The summed E-state index contributed by atoms with van der Waals surface area (Å²) in [5.41, 5.74) is 2.92. The molecule has 3 aromatic rings. The largest absolute Gasteiger partial charge is 0.322 e. The number of aromatic nitrogens is 2. The van der Waals surface area contributed by atoms with Gasteiger partial charge in [0.15, 0.2) is 0 Å². The fraction of sp³-hybridized carbons (Fsp3) is 0.346. The van der Waals surface area contributed by atoms with Crippen molar-refractivity contribution in [2.45, 2.75) is 46.5 Å². The van der Waals surface area contributed by atoms with Crippen molar-refractivity contribution in [3.05, 3.63) is 70.9 Å². The van der Waals surface area contributed by atoms with Crippen molar-refractivity contribution in [2.24, 2.45) is 0 Å². The van der Waals surface area contributed by atoms with Crippen LogP contribution in [-0.4, -0.2) is 39.7 Å². The van der Waals surface area contributed by atoms with Crippen molar-refractivity contribution in [2.75, 3.05) is 23.7 Å². The number of benzene rings is 2. The Morgan fingerprint density at radius 3 is 2.38 bits per heavy atom.